The molecule has 1 aromatic heterocycles. The van der Waals surface area contributed by atoms with Crippen LogP contribution in [0.4, 0.5) is 10.5 Å². The lowest BCUT2D eigenvalue weighted by Crippen LogP contribution is -2.53. The van der Waals surface area contributed by atoms with Crippen LogP contribution >= 0.6 is 34.5 Å². The van der Waals surface area contributed by atoms with Gasteiger partial charge in [0.2, 0.25) is 0 Å². The van der Waals surface area contributed by atoms with Crippen LogP contribution in [0.2, 0.25) is 10.0 Å². The second kappa shape index (κ2) is 8.96. The van der Waals surface area contributed by atoms with Crippen molar-refractivity contribution in [3.8, 4) is 6.07 Å². The number of thiophene rings is 1. The summed E-state index contributed by atoms with van der Waals surface area (Å²) >= 11 is 14.1. The van der Waals surface area contributed by atoms with Crippen LogP contribution in [-0.4, -0.2) is 47.4 Å². The predicted octanol–water partition coefficient (Wildman–Crippen LogP) is 5.67. The van der Waals surface area contributed by atoms with Crippen LogP contribution in [0.1, 0.15) is 26.8 Å². The van der Waals surface area contributed by atoms with Crippen molar-refractivity contribution in [1.82, 2.24) is 9.80 Å². The number of imide groups is 1. The van der Waals surface area contributed by atoms with Crippen LogP contribution in [0.25, 0.3) is 0 Å². The molecule has 0 N–H and O–H groups in total. The first-order chi connectivity index (χ1) is 16.7. The summed E-state index contributed by atoms with van der Waals surface area (Å²) in [6.45, 7) is 3.74. The lowest BCUT2D eigenvalue weighted by Gasteiger charge is -2.34. The summed E-state index contributed by atoms with van der Waals surface area (Å²) in [5.41, 5.74) is 0.704. The van der Waals surface area contributed by atoms with E-state index in [0.29, 0.717) is 40.9 Å². The van der Waals surface area contributed by atoms with Crippen LogP contribution in [0.15, 0.2) is 54.6 Å². The SMILES string of the molecule is Cc1ccc(CN2C[C@@H](c3ccc(C#N)cc3)[C@]3(C2)C(=O)N(c2cc(Cl)cc(Cl)c2)C(=O)N3C)s1. The topological polar surface area (TPSA) is 67.6 Å². The van der Waals surface area contributed by atoms with Gasteiger partial charge in [-0.15, -0.1) is 11.3 Å². The number of anilines is 1. The number of urea groups is 1. The zero-order valence-corrected chi connectivity index (χ0v) is 21.5. The monoisotopic (exact) mass is 524 g/mol. The molecular formula is C26H22Cl2N4O2S. The summed E-state index contributed by atoms with van der Waals surface area (Å²) in [7, 11) is 1.68. The van der Waals surface area contributed by atoms with Crippen LogP contribution in [0.5, 0.6) is 0 Å². The van der Waals surface area contributed by atoms with Crippen LogP contribution in [0.3, 0.4) is 0 Å². The van der Waals surface area contributed by atoms with Gasteiger partial charge >= 0.3 is 6.03 Å². The number of nitrogens with zero attached hydrogens (tertiary/aromatic N) is 4. The van der Waals surface area contributed by atoms with Gasteiger partial charge in [0.1, 0.15) is 5.54 Å². The molecule has 2 aliphatic heterocycles. The van der Waals surface area contributed by atoms with E-state index in [1.807, 2.05) is 12.1 Å². The van der Waals surface area contributed by atoms with Crippen LogP contribution in [-0.2, 0) is 11.3 Å². The first-order valence-electron chi connectivity index (χ1n) is 11.1. The molecule has 2 aromatic carbocycles. The third-order valence-electron chi connectivity index (χ3n) is 6.86. The van der Waals surface area contributed by atoms with Crippen molar-refractivity contribution in [1.29, 1.82) is 5.26 Å². The first kappa shape index (κ1) is 23.8. The molecule has 3 heterocycles. The van der Waals surface area contributed by atoms with Gasteiger partial charge in [0.05, 0.1) is 17.3 Å². The number of halogens is 2. The highest BCUT2D eigenvalue weighted by Gasteiger charge is 2.64. The number of hydrogen-bond acceptors (Lipinski definition) is 5. The molecule has 0 saturated carbocycles. The third kappa shape index (κ3) is 4.01. The fraction of sp³-hybridized carbons (Fsp3) is 0.269. The van der Waals surface area contributed by atoms with Crippen LogP contribution < -0.4 is 4.90 Å². The van der Waals surface area contributed by atoms with Gasteiger partial charge in [0.25, 0.3) is 5.91 Å². The Labute approximate surface area is 217 Å². The van der Waals surface area contributed by atoms with E-state index < -0.39 is 11.6 Å². The summed E-state index contributed by atoms with van der Waals surface area (Å²) in [5.74, 6) is -0.583. The molecule has 3 amide bonds. The number of likely N-dealkylation sites (N-methyl/N-ethyl adjacent to an activating group) is 1. The molecule has 0 radical (unpaired) electrons. The van der Waals surface area contributed by atoms with Gasteiger partial charge in [-0.25, -0.2) is 9.69 Å². The summed E-state index contributed by atoms with van der Waals surface area (Å²) in [4.78, 5) is 35.1. The molecular weight excluding hydrogens is 503 g/mol. The fourth-order valence-corrected chi connectivity index (χ4v) is 6.65. The molecule has 2 fully saturated rings. The average Bonchev–Trinajstić information content (AvgIpc) is 3.46. The van der Waals surface area contributed by atoms with Gasteiger partial charge in [-0.3, -0.25) is 9.69 Å². The van der Waals surface area contributed by atoms with Gasteiger partial charge in [-0.05, 0) is 55.0 Å². The van der Waals surface area contributed by atoms with Crippen molar-refractivity contribution < 1.29 is 9.59 Å². The molecule has 0 aliphatic carbocycles. The van der Waals surface area contributed by atoms with Gasteiger partial charge in [0.15, 0.2) is 0 Å². The highest BCUT2D eigenvalue weighted by atomic mass is 35.5. The van der Waals surface area contributed by atoms with E-state index in [4.69, 9.17) is 23.2 Å². The number of rotatable bonds is 4. The number of benzene rings is 2. The molecule has 2 aliphatic rings. The molecule has 0 unspecified atom stereocenters. The number of likely N-dealkylation sites (tertiary alicyclic amines) is 1. The molecule has 6 nitrogen and oxygen atoms in total. The maximum absolute atomic E-state index is 14.2. The summed E-state index contributed by atoms with van der Waals surface area (Å²) < 4.78 is 0. The number of amides is 3. The maximum atomic E-state index is 14.2. The first-order valence-corrected chi connectivity index (χ1v) is 12.7. The Balaban J connectivity index is 1.58. The lowest BCUT2D eigenvalue weighted by atomic mass is 9.80. The van der Waals surface area contributed by atoms with Crippen LogP contribution in [0, 0.1) is 18.3 Å². The Bertz CT molecular complexity index is 1350. The highest BCUT2D eigenvalue weighted by Crippen LogP contribution is 2.47. The molecule has 2 atom stereocenters. The van der Waals surface area contributed by atoms with Crippen molar-refractivity contribution in [3.63, 3.8) is 0 Å². The standard InChI is InChI=1S/C26H22Cl2N4O2S/c1-16-3-8-22(35-16)13-31-14-23(18-6-4-17(12-29)5-7-18)26(15-31)24(33)32(25(34)30(26)2)21-10-19(27)9-20(28)11-21/h3-11,23H,13-15H2,1-2H3/t23-,26+/m0/s1. The summed E-state index contributed by atoms with van der Waals surface area (Å²) in [6, 6.07) is 17.9. The molecule has 9 heteroatoms. The zero-order valence-electron chi connectivity index (χ0n) is 19.2. The Kier molecular flexibility index (Phi) is 6.10. The molecule has 35 heavy (non-hydrogen) atoms. The second-order valence-electron chi connectivity index (χ2n) is 9.00. The number of carbonyl (C=O) groups is 2. The molecule has 5 rings (SSSR count). The van der Waals surface area contributed by atoms with E-state index in [-0.39, 0.29) is 11.8 Å². The van der Waals surface area contributed by atoms with Gasteiger partial charge in [-0.2, -0.15) is 5.26 Å². The lowest BCUT2D eigenvalue weighted by molar-refractivity contribution is -0.124. The molecule has 178 valence electrons. The minimum Gasteiger partial charge on any atom is -0.310 e. The van der Waals surface area contributed by atoms with Crippen molar-refractivity contribution in [2.45, 2.75) is 24.9 Å². The fourth-order valence-electron chi connectivity index (χ4n) is 5.20. The molecule has 0 bridgehead atoms. The zero-order chi connectivity index (χ0) is 24.9. The van der Waals surface area contributed by atoms with E-state index in [0.717, 1.165) is 5.56 Å². The minimum absolute atomic E-state index is 0.280. The van der Waals surface area contributed by atoms with Crippen molar-refractivity contribution in [3.05, 3.63) is 85.5 Å². The molecule has 3 aromatic rings. The van der Waals surface area contributed by atoms with E-state index in [1.165, 1.54) is 14.7 Å². The predicted molar refractivity (Wildman–Crippen MR) is 138 cm³/mol. The molecule has 1 spiro atoms. The number of hydrogen-bond donors (Lipinski definition) is 0. The third-order valence-corrected chi connectivity index (χ3v) is 8.28. The van der Waals surface area contributed by atoms with E-state index in [2.05, 4.69) is 30.0 Å². The Morgan fingerprint density at radius 1 is 1.09 bits per heavy atom. The second-order valence-corrected chi connectivity index (χ2v) is 11.2. The van der Waals surface area contributed by atoms with Gasteiger partial charge < -0.3 is 4.90 Å². The summed E-state index contributed by atoms with van der Waals surface area (Å²) in [5, 5.41) is 9.94. The largest absolute Gasteiger partial charge is 0.332 e. The Morgan fingerprint density at radius 2 is 1.77 bits per heavy atom. The van der Waals surface area contributed by atoms with Crippen molar-refractivity contribution in [2.75, 3.05) is 25.0 Å². The van der Waals surface area contributed by atoms with Gasteiger partial charge in [0, 0.05) is 52.4 Å². The van der Waals surface area contributed by atoms with E-state index in [1.54, 1.807) is 53.6 Å². The van der Waals surface area contributed by atoms with Gasteiger partial charge in [-0.1, -0.05) is 35.3 Å². The quantitative estimate of drug-likeness (QED) is 0.412. The van der Waals surface area contributed by atoms with E-state index >= 15 is 0 Å². The maximum Gasteiger partial charge on any atom is 0.332 e. The average molecular weight is 525 g/mol. The number of aryl methyl sites for hydroxylation is 1. The van der Waals surface area contributed by atoms with E-state index in [9.17, 15) is 14.9 Å². The summed E-state index contributed by atoms with van der Waals surface area (Å²) in [6.07, 6.45) is 0. The number of carbonyl (C=O) groups excluding carboxylic acids is 2. The smallest absolute Gasteiger partial charge is 0.310 e. The minimum atomic E-state index is -1.10. The normalized spacial score (nSPS) is 22.4. The Morgan fingerprint density at radius 3 is 2.37 bits per heavy atom. The number of nitriles is 1. The Hall–Kier alpha value is -2.89. The highest BCUT2D eigenvalue weighted by molar-refractivity contribution is 7.11. The molecule has 2 saturated heterocycles. The van der Waals surface area contributed by atoms with Crippen molar-refractivity contribution >= 4 is 52.2 Å². The van der Waals surface area contributed by atoms with Crippen molar-refractivity contribution in [2.24, 2.45) is 0 Å².